The van der Waals surface area contributed by atoms with Crippen LogP contribution < -0.4 is 14.8 Å². The summed E-state index contributed by atoms with van der Waals surface area (Å²) in [5.74, 6) is 2.09. The molecular formula is C32H36N4O5. The van der Waals surface area contributed by atoms with Crippen LogP contribution >= 0.6 is 0 Å². The average molecular weight is 557 g/mol. The van der Waals surface area contributed by atoms with Crippen LogP contribution in [-0.2, 0) is 4.74 Å². The van der Waals surface area contributed by atoms with Crippen molar-refractivity contribution in [3.63, 3.8) is 0 Å². The minimum absolute atomic E-state index is 0.0116. The molecule has 5 rings (SSSR count). The van der Waals surface area contributed by atoms with Crippen LogP contribution in [0.2, 0.25) is 0 Å². The molecule has 0 bridgehead atoms. The second-order valence-corrected chi connectivity index (χ2v) is 10.3. The molecule has 4 aromatic rings. The molecular weight excluding hydrogens is 520 g/mol. The van der Waals surface area contributed by atoms with E-state index < -0.39 is 0 Å². The predicted octanol–water partition coefficient (Wildman–Crippen LogP) is 5.97. The Kier molecular flexibility index (Phi) is 8.96. The maximum Gasteiger partial charge on any atom is 0.256 e. The van der Waals surface area contributed by atoms with Crippen molar-refractivity contribution in [2.24, 2.45) is 0 Å². The lowest BCUT2D eigenvalue weighted by atomic mass is 9.89. The summed E-state index contributed by atoms with van der Waals surface area (Å²) in [6.45, 7) is 4.73. The first-order valence-electron chi connectivity index (χ1n) is 14.0. The molecule has 0 atom stereocenters. The van der Waals surface area contributed by atoms with E-state index in [2.05, 4.69) is 34.4 Å². The summed E-state index contributed by atoms with van der Waals surface area (Å²) in [6, 6.07) is 16.7. The Bertz CT molecular complexity index is 1510. The third kappa shape index (κ3) is 6.75. The highest BCUT2D eigenvalue weighted by molar-refractivity contribution is 6.03. The number of likely N-dealkylation sites (tertiary alicyclic amines) is 1. The molecule has 1 fully saturated rings. The SMILES string of the molecule is CCC(=O)n1ccc2cc(Oc3ccnc(NC(=O)c4ccc(C5CCN(C)CC5)cc4)c3)c(OCCOC)cc21. The molecule has 0 saturated carbocycles. The summed E-state index contributed by atoms with van der Waals surface area (Å²) >= 11 is 0. The van der Waals surface area contributed by atoms with E-state index in [4.69, 9.17) is 14.2 Å². The van der Waals surface area contributed by atoms with Crippen molar-refractivity contribution in [2.75, 3.05) is 45.8 Å². The minimum atomic E-state index is -0.239. The number of fused-ring (bicyclic) bond motifs is 1. The molecule has 0 radical (unpaired) electrons. The molecule has 1 N–H and O–H groups in total. The van der Waals surface area contributed by atoms with Gasteiger partial charge in [0, 0.05) is 49.0 Å². The third-order valence-corrected chi connectivity index (χ3v) is 7.44. The fourth-order valence-electron chi connectivity index (χ4n) is 5.06. The molecule has 214 valence electrons. The average Bonchev–Trinajstić information content (AvgIpc) is 3.40. The highest BCUT2D eigenvalue weighted by Crippen LogP contribution is 2.37. The van der Waals surface area contributed by atoms with Gasteiger partial charge in [-0.3, -0.25) is 14.2 Å². The van der Waals surface area contributed by atoms with Gasteiger partial charge in [-0.2, -0.15) is 0 Å². The Morgan fingerprint density at radius 1 is 1.00 bits per heavy atom. The fourth-order valence-corrected chi connectivity index (χ4v) is 5.06. The molecule has 2 aromatic heterocycles. The van der Waals surface area contributed by atoms with Gasteiger partial charge in [0.25, 0.3) is 5.91 Å². The smallest absolute Gasteiger partial charge is 0.256 e. The second-order valence-electron chi connectivity index (χ2n) is 10.3. The van der Waals surface area contributed by atoms with E-state index in [1.54, 1.807) is 42.3 Å². The first kappa shape index (κ1) is 28.3. The summed E-state index contributed by atoms with van der Waals surface area (Å²) in [7, 11) is 3.76. The topological polar surface area (TPSA) is 94.9 Å². The zero-order chi connectivity index (χ0) is 28.8. The first-order valence-corrected chi connectivity index (χ1v) is 14.0. The molecule has 2 aromatic carbocycles. The molecule has 9 heteroatoms. The van der Waals surface area contributed by atoms with Crippen LogP contribution in [0, 0.1) is 0 Å². The molecule has 3 heterocycles. The van der Waals surface area contributed by atoms with Gasteiger partial charge in [0.1, 0.15) is 18.2 Å². The van der Waals surface area contributed by atoms with Gasteiger partial charge in [-0.15, -0.1) is 0 Å². The number of hydrogen-bond donors (Lipinski definition) is 1. The van der Waals surface area contributed by atoms with E-state index >= 15 is 0 Å². The number of amides is 1. The highest BCUT2D eigenvalue weighted by atomic mass is 16.5. The Labute approximate surface area is 240 Å². The Morgan fingerprint density at radius 2 is 1.78 bits per heavy atom. The van der Waals surface area contributed by atoms with Crippen LogP contribution in [0.15, 0.2) is 67.0 Å². The highest BCUT2D eigenvalue weighted by Gasteiger charge is 2.19. The lowest BCUT2D eigenvalue weighted by Crippen LogP contribution is -2.29. The third-order valence-electron chi connectivity index (χ3n) is 7.44. The fraction of sp³-hybridized carbons (Fsp3) is 0.344. The number of anilines is 1. The number of aromatic nitrogens is 2. The van der Waals surface area contributed by atoms with Crippen molar-refractivity contribution in [3.8, 4) is 17.2 Å². The van der Waals surface area contributed by atoms with E-state index in [-0.39, 0.29) is 11.8 Å². The quantitative estimate of drug-likeness (QED) is 0.241. The summed E-state index contributed by atoms with van der Waals surface area (Å²) in [5.41, 5.74) is 2.58. The number of pyridine rings is 1. The predicted molar refractivity (Wildman–Crippen MR) is 158 cm³/mol. The summed E-state index contributed by atoms with van der Waals surface area (Å²) in [4.78, 5) is 32.0. The number of ether oxygens (including phenoxy) is 3. The molecule has 41 heavy (non-hydrogen) atoms. The van der Waals surface area contributed by atoms with Crippen molar-refractivity contribution in [3.05, 3.63) is 78.1 Å². The number of carbonyl (C=O) groups is 2. The normalized spacial score (nSPS) is 14.2. The van der Waals surface area contributed by atoms with Gasteiger partial charge in [0.05, 0.1) is 12.1 Å². The number of rotatable bonds is 10. The molecule has 0 aliphatic carbocycles. The van der Waals surface area contributed by atoms with Gasteiger partial charge in [0.2, 0.25) is 5.91 Å². The molecule has 1 aliphatic heterocycles. The maximum absolute atomic E-state index is 13.0. The van der Waals surface area contributed by atoms with E-state index in [0.717, 1.165) is 36.8 Å². The largest absolute Gasteiger partial charge is 0.487 e. The molecule has 1 saturated heterocycles. The number of carbonyl (C=O) groups excluding carboxylic acids is 2. The molecule has 0 spiro atoms. The van der Waals surface area contributed by atoms with E-state index in [1.165, 1.54) is 5.56 Å². The monoisotopic (exact) mass is 556 g/mol. The van der Waals surface area contributed by atoms with Gasteiger partial charge >= 0.3 is 0 Å². The number of hydrogen-bond acceptors (Lipinski definition) is 7. The summed E-state index contributed by atoms with van der Waals surface area (Å²) < 4.78 is 18.9. The molecule has 0 unspecified atom stereocenters. The standard InChI is InChI=1S/C32H36N4O5/c1-4-31(37)36-16-12-25-19-29(28(21-27(25)36)40-18-17-39-3)41-26-9-13-33-30(20-26)34-32(38)24-7-5-22(6-8-24)23-10-14-35(2)15-11-23/h5-9,12-13,16,19-21,23H,4,10-11,14-15,17-18H2,1-3H3,(H,33,34,38). The van der Waals surface area contributed by atoms with Crippen molar-refractivity contribution >= 4 is 28.5 Å². The van der Waals surface area contributed by atoms with Crippen LogP contribution in [0.3, 0.4) is 0 Å². The molecule has 9 nitrogen and oxygen atoms in total. The van der Waals surface area contributed by atoms with Crippen molar-refractivity contribution in [2.45, 2.75) is 32.1 Å². The van der Waals surface area contributed by atoms with Gasteiger partial charge in [0.15, 0.2) is 11.5 Å². The summed E-state index contributed by atoms with van der Waals surface area (Å²) in [5, 5.41) is 3.71. The lowest BCUT2D eigenvalue weighted by Gasteiger charge is -2.29. The Hall–Kier alpha value is -4.21. The van der Waals surface area contributed by atoms with Crippen LogP contribution in [0.4, 0.5) is 5.82 Å². The van der Waals surface area contributed by atoms with Gasteiger partial charge in [-0.1, -0.05) is 19.1 Å². The van der Waals surface area contributed by atoms with Crippen LogP contribution in [0.5, 0.6) is 17.2 Å². The van der Waals surface area contributed by atoms with E-state index in [9.17, 15) is 9.59 Å². The number of benzene rings is 2. The van der Waals surface area contributed by atoms with E-state index in [1.807, 2.05) is 31.2 Å². The van der Waals surface area contributed by atoms with Gasteiger partial charge in [-0.05, 0) is 74.8 Å². The minimum Gasteiger partial charge on any atom is -0.487 e. The van der Waals surface area contributed by atoms with Gasteiger partial charge < -0.3 is 24.4 Å². The van der Waals surface area contributed by atoms with Crippen molar-refractivity contribution < 1.29 is 23.8 Å². The lowest BCUT2D eigenvalue weighted by molar-refractivity contribution is 0.0913. The number of nitrogens with zero attached hydrogens (tertiary/aromatic N) is 3. The number of piperidine rings is 1. The van der Waals surface area contributed by atoms with Crippen molar-refractivity contribution in [1.82, 2.24) is 14.5 Å². The Balaban J connectivity index is 1.31. The summed E-state index contributed by atoms with van der Waals surface area (Å²) in [6.07, 6.45) is 5.98. The van der Waals surface area contributed by atoms with E-state index in [0.29, 0.717) is 54.2 Å². The zero-order valence-electron chi connectivity index (χ0n) is 23.8. The van der Waals surface area contributed by atoms with Crippen LogP contribution in [0.1, 0.15) is 52.8 Å². The maximum atomic E-state index is 13.0. The van der Waals surface area contributed by atoms with Gasteiger partial charge in [-0.25, -0.2) is 4.98 Å². The van der Waals surface area contributed by atoms with Crippen molar-refractivity contribution in [1.29, 1.82) is 0 Å². The molecule has 1 aliphatic rings. The zero-order valence-corrected chi connectivity index (χ0v) is 23.8. The first-order chi connectivity index (χ1) is 19.9. The molecule has 1 amide bonds. The Morgan fingerprint density at radius 3 is 2.51 bits per heavy atom. The van der Waals surface area contributed by atoms with Crippen LogP contribution in [-0.4, -0.2) is 66.7 Å². The second kappa shape index (κ2) is 13.0. The number of methoxy groups -OCH3 is 1. The van der Waals surface area contributed by atoms with Crippen LogP contribution in [0.25, 0.3) is 10.9 Å². The number of nitrogens with one attached hydrogen (secondary N) is 1.